The summed E-state index contributed by atoms with van der Waals surface area (Å²) in [6.45, 7) is 0. The van der Waals surface area contributed by atoms with Gasteiger partial charge in [0.15, 0.2) is 0 Å². The number of alkyl halides is 5. The molecule has 102 valence electrons. The molecule has 0 bridgehead atoms. The molecule has 11 heteroatoms. The van der Waals surface area contributed by atoms with Gasteiger partial charge in [-0.15, -0.1) is 0 Å². The Morgan fingerprint density at radius 1 is 0.706 bits per heavy atom. The molecule has 0 spiro atoms. The van der Waals surface area contributed by atoms with E-state index >= 15 is 0 Å². The summed E-state index contributed by atoms with van der Waals surface area (Å²) in [5, 5.41) is 0. The van der Waals surface area contributed by atoms with Gasteiger partial charge in [-0.3, -0.25) is 0 Å². The molecular weight excluding hydrogens is 281 g/mol. The lowest BCUT2D eigenvalue weighted by Crippen LogP contribution is -2.08. The topological polar surface area (TPSA) is 0 Å². The highest BCUT2D eigenvalue weighted by Gasteiger charge is 2.38. The Hall–Kier alpha value is -1.29. The predicted octanol–water partition coefficient (Wildman–Crippen LogP) is 4.96. The first-order chi connectivity index (χ1) is 7.41. The summed E-state index contributed by atoms with van der Waals surface area (Å²) in [5.41, 5.74) is 0. The van der Waals surface area contributed by atoms with Crippen LogP contribution in [-0.4, -0.2) is 12.6 Å². The largest absolute Gasteiger partial charge is 0.448 e. The summed E-state index contributed by atoms with van der Waals surface area (Å²) in [5.74, 6) is -5.98. The molecule has 0 saturated heterocycles. The third kappa shape index (κ3) is 8.51. The first-order valence-electron chi connectivity index (χ1n) is 3.18. The summed E-state index contributed by atoms with van der Waals surface area (Å²) >= 11 is 0. The monoisotopic (exact) mass is 282 g/mol. The standard InChI is InChI=1S/C3F6.C3HF5/c4-1(2(5)6)3(7,8)9;4-1(2(5)6)3(7)8/h;2H. The van der Waals surface area contributed by atoms with Crippen molar-refractivity contribution in [1.29, 1.82) is 0 Å². The van der Waals surface area contributed by atoms with Crippen LogP contribution in [0.1, 0.15) is 0 Å². The second-order valence-electron chi connectivity index (χ2n) is 1.98. The van der Waals surface area contributed by atoms with Crippen molar-refractivity contribution >= 4 is 0 Å². The zero-order chi connectivity index (χ0) is 14.4. The van der Waals surface area contributed by atoms with E-state index in [4.69, 9.17) is 0 Å². The van der Waals surface area contributed by atoms with Crippen molar-refractivity contribution in [3.8, 4) is 0 Å². The van der Waals surface area contributed by atoms with E-state index in [9.17, 15) is 48.3 Å². The molecule has 0 fully saturated rings. The molecule has 0 saturated carbocycles. The Balaban J connectivity index is 0. The molecule has 0 N–H and O–H groups in total. The van der Waals surface area contributed by atoms with E-state index in [1.54, 1.807) is 0 Å². The zero-order valence-corrected chi connectivity index (χ0v) is 7.23. The highest BCUT2D eigenvalue weighted by molar-refractivity contribution is 4.98. The van der Waals surface area contributed by atoms with Crippen molar-refractivity contribution in [2.45, 2.75) is 12.6 Å². The molecule has 17 heavy (non-hydrogen) atoms. The van der Waals surface area contributed by atoms with Crippen molar-refractivity contribution in [3.05, 3.63) is 23.8 Å². The van der Waals surface area contributed by atoms with Crippen molar-refractivity contribution in [2.75, 3.05) is 0 Å². The Kier molecular flexibility index (Phi) is 7.57. The maximum atomic E-state index is 11.0. The molecule has 0 aliphatic rings. The smallest absolute Gasteiger partial charge is 0.202 e. The molecule has 0 heterocycles. The fourth-order valence-electron chi connectivity index (χ4n) is 0.190. The lowest BCUT2D eigenvalue weighted by atomic mass is 10.6. The zero-order valence-electron chi connectivity index (χ0n) is 7.23. The average molecular weight is 282 g/mol. The van der Waals surface area contributed by atoms with Gasteiger partial charge in [-0.05, 0) is 0 Å². The Morgan fingerprint density at radius 3 is 1.06 bits per heavy atom. The summed E-state index contributed by atoms with van der Waals surface area (Å²) in [6.07, 6.45) is -15.6. The van der Waals surface area contributed by atoms with Gasteiger partial charge in [-0.2, -0.15) is 39.5 Å². The molecule has 0 aromatic rings. The minimum absolute atomic E-state index is 2.65. The first kappa shape index (κ1) is 18.1. The Bertz CT molecular complexity index is 288. The van der Waals surface area contributed by atoms with Crippen LogP contribution in [0.5, 0.6) is 0 Å². The molecule has 0 unspecified atom stereocenters. The van der Waals surface area contributed by atoms with E-state index in [2.05, 4.69) is 0 Å². The molecule has 0 amide bonds. The third-order valence-electron chi connectivity index (χ3n) is 0.787. The second-order valence-corrected chi connectivity index (χ2v) is 1.98. The molecule has 0 aliphatic heterocycles. The van der Waals surface area contributed by atoms with Crippen LogP contribution < -0.4 is 0 Å². The number of halogens is 11. The van der Waals surface area contributed by atoms with Gasteiger partial charge in [0.25, 0.3) is 12.3 Å². The van der Waals surface area contributed by atoms with E-state index < -0.39 is 36.4 Å². The van der Waals surface area contributed by atoms with Crippen LogP contribution in [0.2, 0.25) is 0 Å². The molecule has 0 rings (SSSR count). The second kappa shape index (κ2) is 7.12. The summed E-state index contributed by atoms with van der Waals surface area (Å²) in [4.78, 5) is 0. The average Bonchev–Trinajstić information content (AvgIpc) is 2.14. The normalized spacial score (nSPS) is 10.6. The number of hydrogen-bond acceptors (Lipinski definition) is 0. The van der Waals surface area contributed by atoms with Crippen LogP contribution in [0.15, 0.2) is 23.8 Å². The fraction of sp³-hybridized carbons (Fsp3) is 0.333. The van der Waals surface area contributed by atoms with Crippen molar-refractivity contribution in [3.63, 3.8) is 0 Å². The maximum absolute atomic E-state index is 11.0. The number of hydrogen-bond donors (Lipinski definition) is 0. The lowest BCUT2D eigenvalue weighted by molar-refractivity contribution is -0.113. The van der Waals surface area contributed by atoms with E-state index in [0.717, 1.165) is 0 Å². The van der Waals surface area contributed by atoms with E-state index in [1.165, 1.54) is 0 Å². The highest BCUT2D eigenvalue weighted by Crippen LogP contribution is 2.29. The summed E-state index contributed by atoms with van der Waals surface area (Å²) < 4.78 is 119. The quantitative estimate of drug-likeness (QED) is 0.596. The fourth-order valence-corrected chi connectivity index (χ4v) is 0.190. The van der Waals surface area contributed by atoms with Crippen molar-refractivity contribution < 1.29 is 48.3 Å². The summed E-state index contributed by atoms with van der Waals surface area (Å²) in [6, 6.07) is 0. The minimum atomic E-state index is -5.56. The molecule has 0 aliphatic carbocycles. The van der Waals surface area contributed by atoms with Crippen LogP contribution in [0.3, 0.4) is 0 Å². The molecule has 0 aromatic heterocycles. The Morgan fingerprint density at radius 2 is 1.06 bits per heavy atom. The van der Waals surface area contributed by atoms with Crippen LogP contribution in [0.4, 0.5) is 48.3 Å². The predicted molar refractivity (Wildman–Crippen MR) is 32.8 cm³/mol. The maximum Gasteiger partial charge on any atom is 0.448 e. The van der Waals surface area contributed by atoms with Gasteiger partial charge >= 0.3 is 18.3 Å². The van der Waals surface area contributed by atoms with E-state index in [1.807, 2.05) is 0 Å². The van der Waals surface area contributed by atoms with Gasteiger partial charge in [0.2, 0.25) is 5.83 Å². The summed E-state index contributed by atoms with van der Waals surface area (Å²) in [7, 11) is 0. The molecule has 0 nitrogen and oxygen atoms in total. The van der Waals surface area contributed by atoms with Crippen LogP contribution in [-0.2, 0) is 0 Å². The van der Waals surface area contributed by atoms with Crippen LogP contribution >= 0.6 is 0 Å². The third-order valence-corrected chi connectivity index (χ3v) is 0.787. The van der Waals surface area contributed by atoms with Crippen molar-refractivity contribution in [2.24, 2.45) is 0 Å². The Labute approximate surface area is 86.0 Å². The van der Waals surface area contributed by atoms with Gasteiger partial charge in [0.05, 0.1) is 0 Å². The minimum Gasteiger partial charge on any atom is -0.202 e. The SMILES string of the molecule is FC(F)=C(F)C(F)(F)F.FC(F)=C(F)C(F)F. The van der Waals surface area contributed by atoms with Gasteiger partial charge < -0.3 is 0 Å². The van der Waals surface area contributed by atoms with Gasteiger partial charge in [0.1, 0.15) is 0 Å². The number of allylic oxidation sites excluding steroid dienone is 2. The van der Waals surface area contributed by atoms with Crippen LogP contribution in [0.25, 0.3) is 0 Å². The van der Waals surface area contributed by atoms with E-state index in [-0.39, 0.29) is 0 Å². The lowest BCUT2D eigenvalue weighted by Gasteiger charge is -1.98. The highest BCUT2D eigenvalue weighted by atomic mass is 19.4. The van der Waals surface area contributed by atoms with Gasteiger partial charge in [-0.25, -0.2) is 8.78 Å². The van der Waals surface area contributed by atoms with Crippen LogP contribution in [0, 0.1) is 0 Å². The first-order valence-corrected chi connectivity index (χ1v) is 3.18. The molecule has 0 atom stereocenters. The van der Waals surface area contributed by atoms with Gasteiger partial charge in [0, 0.05) is 0 Å². The van der Waals surface area contributed by atoms with Gasteiger partial charge in [-0.1, -0.05) is 0 Å². The molecular formula is C6HF11. The van der Waals surface area contributed by atoms with Crippen molar-refractivity contribution in [1.82, 2.24) is 0 Å². The van der Waals surface area contributed by atoms with E-state index in [0.29, 0.717) is 0 Å². The molecule has 0 aromatic carbocycles. The number of rotatable bonds is 1. The molecule has 0 radical (unpaired) electrons.